The summed E-state index contributed by atoms with van der Waals surface area (Å²) >= 11 is 0. The highest BCUT2D eigenvalue weighted by atomic mass is 16.5. The Labute approximate surface area is 169 Å². The second kappa shape index (κ2) is 7.86. The number of pyridine rings is 1. The minimum atomic E-state index is -0.0224. The quantitative estimate of drug-likeness (QED) is 0.666. The number of rotatable bonds is 4. The predicted octanol–water partition coefficient (Wildman–Crippen LogP) is 1.65. The molecule has 3 aromatic rings. The van der Waals surface area contributed by atoms with Crippen LogP contribution in [0, 0.1) is 13.8 Å². The Bertz CT molecular complexity index is 1010. The van der Waals surface area contributed by atoms with E-state index >= 15 is 0 Å². The highest BCUT2D eigenvalue weighted by Crippen LogP contribution is 2.18. The normalized spacial score (nSPS) is 14.2. The summed E-state index contributed by atoms with van der Waals surface area (Å²) in [5, 5.41) is 4.49. The minimum absolute atomic E-state index is 0.0224. The van der Waals surface area contributed by atoms with Gasteiger partial charge in [-0.05, 0) is 26.0 Å². The number of nitrogens with zero attached hydrogens (tertiary/aromatic N) is 7. The third-order valence-corrected chi connectivity index (χ3v) is 4.95. The summed E-state index contributed by atoms with van der Waals surface area (Å²) in [7, 11) is 1.55. The van der Waals surface area contributed by atoms with Gasteiger partial charge >= 0.3 is 0 Å². The number of methoxy groups -OCH3 is 1. The molecule has 1 amide bonds. The molecule has 4 heterocycles. The van der Waals surface area contributed by atoms with E-state index in [1.54, 1.807) is 31.8 Å². The molecule has 0 bridgehead atoms. The number of hydrogen-bond donors (Lipinski definition) is 0. The van der Waals surface area contributed by atoms with Gasteiger partial charge in [-0.3, -0.25) is 4.79 Å². The lowest BCUT2D eigenvalue weighted by atomic mass is 10.2. The number of carbonyl (C=O) groups excluding carboxylic acids is 1. The van der Waals surface area contributed by atoms with Gasteiger partial charge in [-0.25, -0.2) is 19.6 Å². The van der Waals surface area contributed by atoms with Crippen LogP contribution < -0.4 is 9.64 Å². The molecule has 9 heteroatoms. The molecular formula is C20H23N7O2. The van der Waals surface area contributed by atoms with Gasteiger partial charge < -0.3 is 14.5 Å². The number of hydrogen-bond acceptors (Lipinski definition) is 7. The fourth-order valence-electron chi connectivity index (χ4n) is 3.44. The molecule has 0 N–H and O–H groups in total. The largest absolute Gasteiger partial charge is 0.481 e. The maximum absolute atomic E-state index is 12.7. The zero-order valence-electron chi connectivity index (χ0n) is 16.7. The lowest BCUT2D eigenvalue weighted by molar-refractivity contribution is 0.0746. The van der Waals surface area contributed by atoms with Crippen molar-refractivity contribution in [1.82, 2.24) is 29.6 Å². The van der Waals surface area contributed by atoms with Crippen molar-refractivity contribution in [2.45, 2.75) is 13.8 Å². The van der Waals surface area contributed by atoms with Crippen molar-refractivity contribution in [2.24, 2.45) is 0 Å². The molecule has 0 unspecified atom stereocenters. The van der Waals surface area contributed by atoms with E-state index in [1.165, 1.54) is 0 Å². The fraction of sp³-hybridized carbons (Fsp3) is 0.350. The molecule has 0 aromatic carbocycles. The standard InChI is InChI=1S/C20H23N7O2/c1-14-10-15(2)27(24-14)18-11-17(22-13-23-18)25-6-8-26(9-7-25)20(28)16-4-5-19(29-3)21-12-16/h4-5,10-13H,6-9H2,1-3H3. The van der Waals surface area contributed by atoms with Crippen molar-refractivity contribution in [2.75, 3.05) is 38.2 Å². The average molecular weight is 393 g/mol. The van der Waals surface area contributed by atoms with Crippen LogP contribution in [0.3, 0.4) is 0 Å². The van der Waals surface area contributed by atoms with E-state index in [4.69, 9.17) is 4.74 Å². The minimum Gasteiger partial charge on any atom is -0.481 e. The van der Waals surface area contributed by atoms with E-state index in [9.17, 15) is 4.79 Å². The Morgan fingerprint density at radius 2 is 1.76 bits per heavy atom. The number of ether oxygens (including phenoxy) is 1. The topological polar surface area (TPSA) is 89.3 Å². The Balaban J connectivity index is 1.43. The van der Waals surface area contributed by atoms with Crippen molar-refractivity contribution in [3.63, 3.8) is 0 Å². The summed E-state index contributed by atoms with van der Waals surface area (Å²) < 4.78 is 6.86. The molecule has 1 saturated heterocycles. The van der Waals surface area contributed by atoms with Crippen LogP contribution in [0.5, 0.6) is 5.88 Å². The number of aryl methyl sites for hydroxylation is 2. The molecule has 150 valence electrons. The zero-order valence-corrected chi connectivity index (χ0v) is 16.7. The molecule has 0 atom stereocenters. The molecule has 1 aliphatic heterocycles. The molecule has 4 rings (SSSR count). The van der Waals surface area contributed by atoms with Crippen LogP contribution in [0.4, 0.5) is 5.82 Å². The van der Waals surface area contributed by atoms with Gasteiger partial charge in [-0.1, -0.05) is 0 Å². The van der Waals surface area contributed by atoms with Crippen LogP contribution in [-0.2, 0) is 0 Å². The van der Waals surface area contributed by atoms with Crippen molar-refractivity contribution in [3.8, 4) is 11.7 Å². The SMILES string of the molecule is COc1ccc(C(=O)N2CCN(c3cc(-n4nc(C)cc4C)ncn3)CC2)cn1. The van der Waals surface area contributed by atoms with Crippen molar-refractivity contribution in [3.05, 3.63) is 53.7 Å². The molecule has 0 aliphatic carbocycles. The number of amides is 1. The number of piperazine rings is 1. The van der Waals surface area contributed by atoms with Crippen LogP contribution >= 0.6 is 0 Å². The first-order valence-corrected chi connectivity index (χ1v) is 9.45. The smallest absolute Gasteiger partial charge is 0.255 e. The molecular weight excluding hydrogens is 370 g/mol. The second-order valence-electron chi connectivity index (χ2n) is 6.94. The summed E-state index contributed by atoms with van der Waals surface area (Å²) in [6.45, 7) is 6.58. The van der Waals surface area contributed by atoms with E-state index in [1.807, 2.05) is 35.6 Å². The number of aromatic nitrogens is 5. The molecule has 1 fully saturated rings. The van der Waals surface area contributed by atoms with Gasteiger partial charge in [-0.2, -0.15) is 5.10 Å². The Morgan fingerprint density at radius 3 is 2.38 bits per heavy atom. The monoisotopic (exact) mass is 393 g/mol. The Morgan fingerprint density at radius 1 is 1.00 bits per heavy atom. The lowest BCUT2D eigenvalue weighted by Gasteiger charge is -2.35. The van der Waals surface area contributed by atoms with E-state index in [-0.39, 0.29) is 5.91 Å². The molecule has 9 nitrogen and oxygen atoms in total. The number of anilines is 1. The Kier molecular flexibility index (Phi) is 5.11. The van der Waals surface area contributed by atoms with Crippen LogP contribution in [0.1, 0.15) is 21.7 Å². The maximum Gasteiger partial charge on any atom is 0.255 e. The van der Waals surface area contributed by atoms with Gasteiger partial charge in [0.2, 0.25) is 5.88 Å². The van der Waals surface area contributed by atoms with Crippen LogP contribution in [0.15, 0.2) is 36.8 Å². The summed E-state index contributed by atoms with van der Waals surface area (Å²) in [4.78, 5) is 29.6. The van der Waals surface area contributed by atoms with Gasteiger partial charge in [0.25, 0.3) is 5.91 Å². The van der Waals surface area contributed by atoms with Gasteiger partial charge in [0, 0.05) is 50.2 Å². The van der Waals surface area contributed by atoms with Gasteiger partial charge in [0.05, 0.1) is 18.4 Å². The first-order chi connectivity index (χ1) is 14.0. The third kappa shape index (κ3) is 3.89. The van der Waals surface area contributed by atoms with E-state index in [0.717, 1.165) is 23.0 Å². The first kappa shape index (κ1) is 18.9. The molecule has 3 aromatic heterocycles. The van der Waals surface area contributed by atoms with Gasteiger partial charge in [0.15, 0.2) is 5.82 Å². The van der Waals surface area contributed by atoms with E-state index in [2.05, 4.69) is 25.0 Å². The Hall–Kier alpha value is -3.49. The van der Waals surface area contributed by atoms with E-state index in [0.29, 0.717) is 37.6 Å². The highest BCUT2D eigenvalue weighted by Gasteiger charge is 2.23. The second-order valence-corrected chi connectivity index (χ2v) is 6.94. The summed E-state index contributed by atoms with van der Waals surface area (Å²) in [5.41, 5.74) is 2.53. The fourth-order valence-corrected chi connectivity index (χ4v) is 3.44. The third-order valence-electron chi connectivity index (χ3n) is 4.95. The van der Waals surface area contributed by atoms with Crippen molar-refractivity contribution >= 4 is 11.7 Å². The highest BCUT2D eigenvalue weighted by molar-refractivity contribution is 5.94. The van der Waals surface area contributed by atoms with Crippen molar-refractivity contribution < 1.29 is 9.53 Å². The van der Waals surface area contributed by atoms with Crippen LogP contribution in [-0.4, -0.2) is 68.8 Å². The number of carbonyl (C=O) groups is 1. The summed E-state index contributed by atoms with van der Waals surface area (Å²) in [6, 6.07) is 7.39. The van der Waals surface area contributed by atoms with Crippen molar-refractivity contribution in [1.29, 1.82) is 0 Å². The summed E-state index contributed by atoms with van der Waals surface area (Å²) in [6.07, 6.45) is 3.11. The van der Waals surface area contributed by atoms with Gasteiger partial charge in [0.1, 0.15) is 12.1 Å². The predicted molar refractivity (Wildman–Crippen MR) is 108 cm³/mol. The van der Waals surface area contributed by atoms with Gasteiger partial charge in [-0.15, -0.1) is 0 Å². The molecule has 0 saturated carbocycles. The van der Waals surface area contributed by atoms with Crippen LogP contribution in [0.2, 0.25) is 0 Å². The lowest BCUT2D eigenvalue weighted by Crippen LogP contribution is -2.49. The van der Waals surface area contributed by atoms with Crippen LogP contribution in [0.25, 0.3) is 5.82 Å². The maximum atomic E-state index is 12.7. The average Bonchev–Trinajstić information content (AvgIpc) is 3.11. The molecule has 29 heavy (non-hydrogen) atoms. The molecule has 1 aliphatic rings. The molecule has 0 spiro atoms. The first-order valence-electron chi connectivity index (χ1n) is 9.45. The zero-order chi connectivity index (χ0) is 20.4. The molecule has 0 radical (unpaired) electrons. The summed E-state index contributed by atoms with van der Waals surface area (Å²) in [5.74, 6) is 2.04. The van der Waals surface area contributed by atoms with E-state index < -0.39 is 0 Å².